The van der Waals surface area contributed by atoms with Crippen LogP contribution >= 0.6 is 0 Å². The third-order valence-corrected chi connectivity index (χ3v) is 5.45. The molecule has 1 saturated carbocycles. The van der Waals surface area contributed by atoms with Gasteiger partial charge in [0, 0.05) is 16.9 Å². The number of carbonyl (C=O) groups is 1. The first-order valence-corrected chi connectivity index (χ1v) is 10.1. The third-order valence-electron chi connectivity index (χ3n) is 5.45. The second-order valence-electron chi connectivity index (χ2n) is 7.70. The van der Waals surface area contributed by atoms with E-state index in [2.05, 4.69) is 53.3 Å². The molecule has 1 aliphatic rings. The number of benzene rings is 3. The number of primary amides is 1. The lowest BCUT2D eigenvalue weighted by Crippen LogP contribution is -2.14. The van der Waals surface area contributed by atoms with E-state index in [0.717, 1.165) is 22.0 Å². The van der Waals surface area contributed by atoms with Crippen LogP contribution in [-0.2, 0) is 6.54 Å². The van der Waals surface area contributed by atoms with Gasteiger partial charge in [-0.05, 0) is 41.7 Å². The maximum absolute atomic E-state index is 12.1. The van der Waals surface area contributed by atoms with E-state index >= 15 is 0 Å². The van der Waals surface area contributed by atoms with Crippen molar-refractivity contribution in [3.05, 3.63) is 89.6 Å². The molecular weight excluding hydrogens is 370 g/mol. The standard InChI is InChI=1S/C26H21N3O/c27-26(30)23-15-14-22(13-8-18-6-7-18)24-16-28-29(25(23)24)17-19-9-11-21(12-10-19)20-4-2-1-3-5-20/h1-5,9-12,14-16,18H,6-7,17H2,(H2,27,30). The van der Waals surface area contributed by atoms with Gasteiger partial charge in [-0.15, -0.1) is 0 Å². The van der Waals surface area contributed by atoms with Gasteiger partial charge in [-0.3, -0.25) is 9.48 Å². The number of hydrogen-bond donors (Lipinski definition) is 1. The van der Waals surface area contributed by atoms with Gasteiger partial charge in [0.1, 0.15) is 0 Å². The summed E-state index contributed by atoms with van der Waals surface area (Å²) in [6.45, 7) is 0.554. The van der Waals surface area contributed by atoms with Crippen LogP contribution in [0.5, 0.6) is 0 Å². The molecule has 0 unspecified atom stereocenters. The van der Waals surface area contributed by atoms with Crippen LogP contribution in [0.15, 0.2) is 72.9 Å². The van der Waals surface area contributed by atoms with Crippen LogP contribution in [0.2, 0.25) is 0 Å². The summed E-state index contributed by atoms with van der Waals surface area (Å²) in [6.07, 6.45) is 4.14. The quantitative estimate of drug-likeness (QED) is 0.516. The van der Waals surface area contributed by atoms with Gasteiger partial charge in [-0.25, -0.2) is 0 Å². The minimum Gasteiger partial charge on any atom is -0.366 e. The Hall–Kier alpha value is -3.84. The van der Waals surface area contributed by atoms with E-state index in [1.54, 1.807) is 12.3 Å². The normalized spacial score (nSPS) is 13.1. The van der Waals surface area contributed by atoms with Crippen LogP contribution < -0.4 is 5.73 Å². The molecule has 0 atom stereocenters. The van der Waals surface area contributed by atoms with Gasteiger partial charge in [0.15, 0.2) is 0 Å². The van der Waals surface area contributed by atoms with Gasteiger partial charge in [-0.1, -0.05) is 66.4 Å². The lowest BCUT2D eigenvalue weighted by atomic mass is 10.0. The topological polar surface area (TPSA) is 60.9 Å². The van der Waals surface area contributed by atoms with E-state index in [4.69, 9.17) is 5.73 Å². The molecule has 0 radical (unpaired) electrons. The fraction of sp³-hybridized carbons (Fsp3) is 0.154. The molecule has 1 amide bonds. The van der Waals surface area contributed by atoms with Crippen LogP contribution in [0.3, 0.4) is 0 Å². The Morgan fingerprint density at radius 1 is 1.00 bits per heavy atom. The zero-order chi connectivity index (χ0) is 20.5. The SMILES string of the molecule is NC(=O)c1ccc(C#CC2CC2)c2cnn(Cc3ccc(-c4ccccc4)cc3)c12. The fourth-order valence-electron chi connectivity index (χ4n) is 3.64. The summed E-state index contributed by atoms with van der Waals surface area (Å²) < 4.78 is 1.84. The Morgan fingerprint density at radius 2 is 1.73 bits per heavy atom. The smallest absolute Gasteiger partial charge is 0.250 e. The van der Waals surface area contributed by atoms with Crippen LogP contribution in [-0.4, -0.2) is 15.7 Å². The minimum absolute atomic E-state index is 0.456. The Morgan fingerprint density at radius 3 is 2.43 bits per heavy atom. The van der Waals surface area contributed by atoms with Crippen molar-refractivity contribution in [1.29, 1.82) is 0 Å². The fourth-order valence-corrected chi connectivity index (χ4v) is 3.64. The van der Waals surface area contributed by atoms with E-state index in [1.165, 1.54) is 24.0 Å². The predicted molar refractivity (Wildman–Crippen MR) is 119 cm³/mol. The summed E-state index contributed by atoms with van der Waals surface area (Å²) in [5.74, 6) is 6.61. The van der Waals surface area contributed by atoms with E-state index in [-0.39, 0.29) is 0 Å². The van der Waals surface area contributed by atoms with E-state index < -0.39 is 5.91 Å². The van der Waals surface area contributed by atoms with Crippen LogP contribution in [0, 0.1) is 17.8 Å². The van der Waals surface area contributed by atoms with Crippen molar-refractivity contribution in [2.24, 2.45) is 11.7 Å². The molecule has 1 aliphatic carbocycles. The number of nitrogens with zero attached hydrogens (tertiary/aromatic N) is 2. The van der Waals surface area contributed by atoms with Crippen molar-refractivity contribution < 1.29 is 4.79 Å². The maximum Gasteiger partial charge on any atom is 0.250 e. The Balaban J connectivity index is 1.50. The first-order chi connectivity index (χ1) is 14.7. The zero-order valence-electron chi connectivity index (χ0n) is 16.5. The molecule has 4 nitrogen and oxygen atoms in total. The largest absolute Gasteiger partial charge is 0.366 e. The second kappa shape index (κ2) is 7.53. The molecule has 1 fully saturated rings. The Labute approximate surface area is 175 Å². The molecule has 4 heteroatoms. The van der Waals surface area contributed by atoms with Crippen LogP contribution in [0.4, 0.5) is 0 Å². The molecule has 3 aromatic carbocycles. The van der Waals surface area contributed by atoms with Crippen molar-refractivity contribution in [2.45, 2.75) is 19.4 Å². The van der Waals surface area contributed by atoms with Crippen LogP contribution in [0.1, 0.15) is 34.3 Å². The number of nitrogens with two attached hydrogens (primary N) is 1. The van der Waals surface area contributed by atoms with Crippen molar-refractivity contribution >= 4 is 16.8 Å². The van der Waals surface area contributed by atoms with E-state index in [0.29, 0.717) is 18.0 Å². The van der Waals surface area contributed by atoms with E-state index in [1.807, 2.05) is 28.9 Å². The summed E-state index contributed by atoms with van der Waals surface area (Å²) in [5, 5.41) is 5.43. The second-order valence-corrected chi connectivity index (χ2v) is 7.70. The van der Waals surface area contributed by atoms with Crippen molar-refractivity contribution in [1.82, 2.24) is 9.78 Å². The highest BCUT2D eigenvalue weighted by Gasteiger charge is 2.19. The predicted octanol–water partition coefficient (Wildman–Crippen LogP) is 4.61. The zero-order valence-corrected chi connectivity index (χ0v) is 16.5. The molecule has 0 spiro atoms. The summed E-state index contributed by atoms with van der Waals surface area (Å²) >= 11 is 0. The summed E-state index contributed by atoms with van der Waals surface area (Å²) in [7, 11) is 0. The molecule has 0 saturated heterocycles. The molecule has 1 heterocycles. The first-order valence-electron chi connectivity index (χ1n) is 10.1. The van der Waals surface area contributed by atoms with Gasteiger partial charge in [-0.2, -0.15) is 5.10 Å². The van der Waals surface area contributed by atoms with Gasteiger partial charge >= 0.3 is 0 Å². The monoisotopic (exact) mass is 391 g/mol. The average molecular weight is 391 g/mol. The maximum atomic E-state index is 12.1. The molecule has 5 rings (SSSR count). The number of amides is 1. The Bertz CT molecular complexity index is 1290. The average Bonchev–Trinajstić information content (AvgIpc) is 3.52. The summed E-state index contributed by atoms with van der Waals surface area (Å²) in [6, 6.07) is 22.3. The van der Waals surface area contributed by atoms with E-state index in [9.17, 15) is 4.79 Å². The van der Waals surface area contributed by atoms with Gasteiger partial charge < -0.3 is 5.73 Å². The molecule has 1 aromatic heterocycles. The molecule has 0 bridgehead atoms. The third kappa shape index (κ3) is 3.58. The first kappa shape index (κ1) is 18.2. The number of fused-ring (bicyclic) bond motifs is 1. The highest BCUT2D eigenvalue weighted by Crippen LogP contribution is 2.29. The molecule has 2 N–H and O–H groups in total. The lowest BCUT2D eigenvalue weighted by Gasteiger charge is -2.09. The van der Waals surface area contributed by atoms with Crippen molar-refractivity contribution in [3.8, 4) is 23.0 Å². The van der Waals surface area contributed by atoms with Crippen molar-refractivity contribution in [3.63, 3.8) is 0 Å². The minimum atomic E-state index is -0.456. The molecule has 146 valence electrons. The molecule has 30 heavy (non-hydrogen) atoms. The number of aromatic nitrogens is 2. The Kier molecular flexibility index (Phi) is 4.57. The van der Waals surface area contributed by atoms with Gasteiger partial charge in [0.05, 0.1) is 23.8 Å². The molecule has 0 aliphatic heterocycles. The van der Waals surface area contributed by atoms with Gasteiger partial charge in [0.2, 0.25) is 0 Å². The number of hydrogen-bond acceptors (Lipinski definition) is 2. The number of carbonyl (C=O) groups excluding carboxylic acids is 1. The highest BCUT2D eigenvalue weighted by molar-refractivity contribution is 6.06. The van der Waals surface area contributed by atoms with Crippen LogP contribution in [0.25, 0.3) is 22.0 Å². The number of rotatable bonds is 4. The van der Waals surface area contributed by atoms with Gasteiger partial charge in [0.25, 0.3) is 5.91 Å². The lowest BCUT2D eigenvalue weighted by molar-refractivity contribution is 0.100. The van der Waals surface area contributed by atoms with Crippen molar-refractivity contribution in [2.75, 3.05) is 0 Å². The highest BCUT2D eigenvalue weighted by atomic mass is 16.1. The molecule has 4 aromatic rings. The summed E-state index contributed by atoms with van der Waals surface area (Å²) in [4.78, 5) is 12.1. The molecular formula is C26H21N3O. The summed E-state index contributed by atoms with van der Waals surface area (Å²) in [5.41, 5.74) is 11.2.